The minimum absolute atomic E-state index is 0.0481. The van der Waals surface area contributed by atoms with Crippen LogP contribution in [0.15, 0.2) is 116 Å². The number of fused-ring (bicyclic) bond motifs is 3. The molecule has 4 saturated carbocycles. The molecule has 5 aromatic rings. The average Bonchev–Trinajstić information content (AvgIpc) is 3.56. The fourth-order valence-electron chi connectivity index (χ4n) is 14.0. The molecule has 0 spiro atoms. The Kier molecular flexibility index (Phi) is 13.2. The summed E-state index contributed by atoms with van der Waals surface area (Å²) in [6.45, 7) is 13.3. The van der Waals surface area contributed by atoms with Crippen molar-refractivity contribution in [3.63, 3.8) is 0 Å². The van der Waals surface area contributed by atoms with Gasteiger partial charge in [-0.3, -0.25) is 0 Å². The van der Waals surface area contributed by atoms with Crippen molar-refractivity contribution in [1.82, 2.24) is 0 Å². The van der Waals surface area contributed by atoms with E-state index in [9.17, 15) is 0 Å². The Morgan fingerprint density at radius 1 is 0.540 bits per heavy atom. The molecule has 0 heterocycles. The zero-order valence-corrected chi connectivity index (χ0v) is 39.6. The number of hydrogen-bond acceptors (Lipinski definition) is 1. The predicted molar refractivity (Wildman–Crippen MR) is 272 cm³/mol. The Labute approximate surface area is 382 Å². The molecule has 0 aromatic heterocycles. The van der Waals surface area contributed by atoms with Crippen LogP contribution in [0.3, 0.4) is 0 Å². The van der Waals surface area contributed by atoms with E-state index >= 15 is 0 Å². The molecule has 2 unspecified atom stereocenters. The van der Waals surface area contributed by atoms with Gasteiger partial charge in [-0.05, 0) is 175 Å². The maximum atomic E-state index is 4.04. The van der Waals surface area contributed by atoms with E-state index in [1.54, 1.807) is 22.3 Å². The lowest BCUT2D eigenvalue weighted by Gasteiger charge is -2.63. The highest BCUT2D eigenvalue weighted by atomic mass is 15.1. The first-order valence-electron chi connectivity index (χ1n) is 25.8. The highest BCUT2D eigenvalue weighted by Gasteiger charge is 2.58. The molecule has 5 aromatic carbocycles. The summed E-state index contributed by atoms with van der Waals surface area (Å²) < 4.78 is 0. The van der Waals surface area contributed by atoms with Crippen LogP contribution in [0.5, 0.6) is 0 Å². The minimum Gasteiger partial charge on any atom is -0.310 e. The van der Waals surface area contributed by atoms with Gasteiger partial charge in [0.15, 0.2) is 0 Å². The zero-order chi connectivity index (χ0) is 43.4. The van der Waals surface area contributed by atoms with Crippen LogP contribution in [0.2, 0.25) is 0 Å². The van der Waals surface area contributed by atoms with Crippen molar-refractivity contribution in [2.45, 2.75) is 179 Å². The molecule has 5 aliphatic rings. The highest BCUT2D eigenvalue weighted by molar-refractivity contribution is 5.86. The summed E-state index contributed by atoms with van der Waals surface area (Å²) >= 11 is 0. The second-order valence-corrected chi connectivity index (χ2v) is 21.2. The van der Waals surface area contributed by atoms with E-state index in [1.165, 1.54) is 173 Å². The molecule has 1 nitrogen and oxygen atoms in total. The van der Waals surface area contributed by atoms with Crippen LogP contribution in [-0.2, 0) is 22.7 Å². The summed E-state index contributed by atoms with van der Waals surface area (Å²) in [4.78, 5) is 2.60. The van der Waals surface area contributed by atoms with E-state index in [0.29, 0.717) is 5.41 Å². The number of benzene rings is 5. The van der Waals surface area contributed by atoms with Crippen molar-refractivity contribution in [2.24, 2.45) is 11.8 Å². The Balaban J connectivity index is 1.10. The van der Waals surface area contributed by atoms with E-state index in [4.69, 9.17) is 0 Å². The molecule has 1 heteroatoms. The number of rotatable bonds is 21. The standard InChI is InChI=1S/C62H77N/c1-6-10-13-16-19-48-23-29-53(30-24-48)63(54-31-27-52(28-32-54)61-43-49-39-50(44-61)42-60(41-49,45-61)51-25-21-47(9-4)22-26-51)55-33-35-57-56-34-20-46(5)38-58(56)62(59(57)40-55,36-17-14-11-7-2)37-18-15-12-8-3/h9,20-35,38,40,49-50H,4,6-8,10-19,36-37,39,41-45H2,1-3,5H3. The summed E-state index contributed by atoms with van der Waals surface area (Å²) in [7, 11) is 0. The molecule has 0 aliphatic heterocycles. The average molecular weight is 836 g/mol. The summed E-state index contributed by atoms with van der Waals surface area (Å²) in [6, 6.07) is 44.2. The van der Waals surface area contributed by atoms with Crippen molar-refractivity contribution in [3.8, 4) is 11.1 Å². The first kappa shape index (κ1) is 43.9. The smallest absolute Gasteiger partial charge is 0.0465 e. The number of anilines is 3. The summed E-state index contributed by atoms with van der Waals surface area (Å²) in [5.41, 5.74) is 17.8. The fraction of sp³-hybridized carbons (Fsp3) is 0.484. The molecule has 5 aliphatic carbocycles. The van der Waals surface area contributed by atoms with Crippen molar-refractivity contribution >= 4 is 23.1 Å². The number of unbranched alkanes of at least 4 members (excludes halogenated alkanes) is 9. The minimum atomic E-state index is 0.0481. The van der Waals surface area contributed by atoms with Gasteiger partial charge in [0.2, 0.25) is 0 Å². The summed E-state index contributed by atoms with van der Waals surface area (Å²) in [5, 5.41) is 0. The number of nitrogens with zero attached hydrogens (tertiary/aromatic N) is 1. The van der Waals surface area contributed by atoms with Gasteiger partial charge >= 0.3 is 0 Å². The zero-order valence-electron chi connectivity index (χ0n) is 39.6. The molecule has 330 valence electrons. The van der Waals surface area contributed by atoms with Crippen molar-refractivity contribution in [3.05, 3.63) is 155 Å². The van der Waals surface area contributed by atoms with Gasteiger partial charge in [-0.15, -0.1) is 0 Å². The van der Waals surface area contributed by atoms with Crippen LogP contribution in [0.25, 0.3) is 17.2 Å². The molecule has 0 saturated heterocycles. The van der Waals surface area contributed by atoms with Crippen molar-refractivity contribution in [1.29, 1.82) is 0 Å². The Bertz CT molecular complexity index is 2280. The van der Waals surface area contributed by atoms with Gasteiger partial charge in [0, 0.05) is 22.5 Å². The molecule has 0 radical (unpaired) electrons. The van der Waals surface area contributed by atoms with Gasteiger partial charge in [0.1, 0.15) is 0 Å². The molecular weight excluding hydrogens is 759 g/mol. The second kappa shape index (κ2) is 19.0. The Hall–Kier alpha value is -4.36. The SMILES string of the molecule is C=Cc1ccc(C23CC4CC(C2)CC(c2ccc(N(c5ccc(CCCCCC)cc5)c5ccc6c(c5)C(CCCCCC)(CCCCCC)c5cc(C)ccc5-6)cc2)(C4)C3)cc1. The maximum absolute atomic E-state index is 4.04. The van der Waals surface area contributed by atoms with Gasteiger partial charge in [-0.2, -0.15) is 0 Å². The van der Waals surface area contributed by atoms with E-state index < -0.39 is 0 Å². The summed E-state index contributed by atoms with van der Waals surface area (Å²) in [5.74, 6) is 1.65. The quantitative estimate of drug-likeness (QED) is 0.0666. The fourth-order valence-corrected chi connectivity index (χ4v) is 14.0. The molecule has 63 heavy (non-hydrogen) atoms. The van der Waals surface area contributed by atoms with E-state index in [2.05, 4.69) is 148 Å². The Morgan fingerprint density at radius 3 is 1.59 bits per heavy atom. The largest absolute Gasteiger partial charge is 0.310 e. The van der Waals surface area contributed by atoms with Gasteiger partial charge in [0.25, 0.3) is 0 Å². The first-order chi connectivity index (χ1) is 30.8. The van der Waals surface area contributed by atoms with Crippen LogP contribution >= 0.6 is 0 Å². The molecule has 0 amide bonds. The lowest BCUT2D eigenvalue weighted by Crippen LogP contribution is -2.55. The van der Waals surface area contributed by atoms with E-state index in [-0.39, 0.29) is 10.8 Å². The maximum Gasteiger partial charge on any atom is 0.0465 e. The highest BCUT2D eigenvalue weighted by Crippen LogP contribution is 2.66. The molecule has 0 N–H and O–H groups in total. The normalized spacial score (nSPS) is 22.5. The third-order valence-corrected chi connectivity index (χ3v) is 16.7. The molecular formula is C62H77N. The third-order valence-electron chi connectivity index (χ3n) is 16.7. The van der Waals surface area contributed by atoms with Gasteiger partial charge in [-0.25, -0.2) is 0 Å². The van der Waals surface area contributed by atoms with Crippen LogP contribution in [0, 0.1) is 18.8 Å². The van der Waals surface area contributed by atoms with Gasteiger partial charge in [0.05, 0.1) is 0 Å². The number of aryl methyl sites for hydroxylation is 2. The van der Waals surface area contributed by atoms with Gasteiger partial charge in [-0.1, -0.05) is 182 Å². The lowest BCUT2D eigenvalue weighted by atomic mass is 9.42. The first-order valence-corrected chi connectivity index (χ1v) is 25.8. The van der Waals surface area contributed by atoms with Crippen LogP contribution in [-0.4, -0.2) is 0 Å². The monoisotopic (exact) mass is 836 g/mol. The third kappa shape index (κ3) is 8.65. The van der Waals surface area contributed by atoms with Crippen molar-refractivity contribution < 1.29 is 0 Å². The number of hydrogen-bond donors (Lipinski definition) is 0. The molecule has 4 bridgehead atoms. The molecule has 10 rings (SSSR count). The van der Waals surface area contributed by atoms with E-state index in [1.807, 2.05) is 6.08 Å². The molecule has 2 atom stereocenters. The lowest BCUT2D eigenvalue weighted by molar-refractivity contribution is -0.0281. The Morgan fingerprint density at radius 2 is 1.03 bits per heavy atom. The van der Waals surface area contributed by atoms with Crippen LogP contribution in [0.1, 0.15) is 188 Å². The summed E-state index contributed by atoms with van der Waals surface area (Å²) in [6.07, 6.45) is 29.4. The van der Waals surface area contributed by atoms with Crippen molar-refractivity contribution in [2.75, 3.05) is 4.90 Å². The van der Waals surface area contributed by atoms with Crippen LogP contribution in [0.4, 0.5) is 17.1 Å². The van der Waals surface area contributed by atoms with Crippen LogP contribution < -0.4 is 4.90 Å². The van der Waals surface area contributed by atoms with Gasteiger partial charge < -0.3 is 4.90 Å². The topological polar surface area (TPSA) is 3.24 Å². The molecule has 4 fully saturated rings. The predicted octanol–water partition coefficient (Wildman–Crippen LogP) is 18.2. The second-order valence-electron chi connectivity index (χ2n) is 21.2. The van der Waals surface area contributed by atoms with E-state index in [0.717, 1.165) is 18.3 Å².